The zero-order chi connectivity index (χ0) is 18.4. The molecule has 4 nitrogen and oxygen atoms in total. The molecule has 2 rings (SSSR count). The van der Waals surface area contributed by atoms with Gasteiger partial charge in [0.05, 0.1) is 6.10 Å². The van der Waals surface area contributed by atoms with E-state index in [1.807, 2.05) is 0 Å². The molecule has 0 aliphatic heterocycles. The fourth-order valence-electron chi connectivity index (χ4n) is 2.11. The normalized spacial score (nSPS) is 12.5. The minimum atomic E-state index is -4.78. The van der Waals surface area contributed by atoms with Crippen LogP contribution in [-0.2, 0) is 0 Å². The summed E-state index contributed by atoms with van der Waals surface area (Å²) < 4.78 is 40.0. The van der Waals surface area contributed by atoms with Gasteiger partial charge in [0.2, 0.25) is 0 Å². The Bertz CT molecular complexity index is 720. The number of rotatable bonds is 6. The molecule has 8 heteroatoms. The van der Waals surface area contributed by atoms with Crippen molar-refractivity contribution in [2.45, 2.75) is 18.9 Å². The smallest absolute Gasteiger partial charge is 0.406 e. The molecule has 134 valence electrons. The van der Waals surface area contributed by atoms with Crippen LogP contribution in [0.1, 0.15) is 28.4 Å². The van der Waals surface area contributed by atoms with E-state index in [1.54, 1.807) is 24.3 Å². The number of halogens is 4. The molecular formula is C17H15ClF3NO3. The molecule has 2 aromatic carbocycles. The molecule has 0 saturated heterocycles. The third kappa shape index (κ3) is 6.28. The van der Waals surface area contributed by atoms with Gasteiger partial charge in [0.15, 0.2) is 0 Å². The lowest BCUT2D eigenvalue weighted by Gasteiger charge is -2.12. The maximum absolute atomic E-state index is 12.1. The minimum absolute atomic E-state index is 0.187. The lowest BCUT2D eigenvalue weighted by Crippen LogP contribution is -2.25. The summed E-state index contributed by atoms with van der Waals surface area (Å²) >= 11 is 5.84. The van der Waals surface area contributed by atoms with Crippen molar-refractivity contribution >= 4 is 17.5 Å². The summed E-state index contributed by atoms with van der Waals surface area (Å²) in [7, 11) is 0. The molecule has 1 amide bonds. The molecule has 0 fully saturated rings. The van der Waals surface area contributed by atoms with E-state index in [-0.39, 0.29) is 18.5 Å². The van der Waals surface area contributed by atoms with Crippen molar-refractivity contribution in [3.05, 3.63) is 64.7 Å². The summed E-state index contributed by atoms with van der Waals surface area (Å²) in [4.78, 5) is 11.9. The second-order valence-corrected chi connectivity index (χ2v) is 5.62. The summed E-state index contributed by atoms with van der Waals surface area (Å²) in [6.07, 6.45) is -5.30. The van der Waals surface area contributed by atoms with E-state index >= 15 is 0 Å². The van der Waals surface area contributed by atoms with Gasteiger partial charge in [0, 0.05) is 17.1 Å². The Morgan fingerprint density at radius 1 is 1.20 bits per heavy atom. The SMILES string of the molecule is O=C(NCC[C@@H](O)c1cccc(Cl)c1)c1ccc(OC(F)(F)F)cc1. The fraction of sp³-hybridized carbons (Fsp3) is 0.235. The maximum atomic E-state index is 12.1. The van der Waals surface area contributed by atoms with Crippen molar-refractivity contribution in [1.82, 2.24) is 5.32 Å². The van der Waals surface area contributed by atoms with E-state index in [0.717, 1.165) is 12.1 Å². The first-order valence-corrected chi connectivity index (χ1v) is 7.70. The van der Waals surface area contributed by atoms with Crippen LogP contribution in [0.15, 0.2) is 48.5 Å². The number of carbonyl (C=O) groups excluding carboxylic acids is 1. The Morgan fingerprint density at radius 3 is 2.48 bits per heavy atom. The predicted molar refractivity (Wildman–Crippen MR) is 86.5 cm³/mol. The number of alkyl halides is 3. The third-order valence-corrected chi connectivity index (χ3v) is 3.52. The predicted octanol–water partition coefficient (Wildman–Crippen LogP) is 4.09. The molecule has 2 aromatic rings. The van der Waals surface area contributed by atoms with Gasteiger partial charge >= 0.3 is 6.36 Å². The molecule has 0 aliphatic rings. The molecule has 1 atom stereocenters. The molecule has 0 unspecified atom stereocenters. The standard InChI is InChI=1S/C17H15ClF3NO3/c18-13-3-1-2-12(10-13)15(23)8-9-22-16(24)11-4-6-14(7-5-11)25-17(19,20)21/h1-7,10,15,23H,8-9H2,(H,22,24)/t15-/m1/s1. The van der Waals surface area contributed by atoms with Crippen molar-refractivity contribution in [2.24, 2.45) is 0 Å². The zero-order valence-corrected chi connectivity index (χ0v) is 13.6. The van der Waals surface area contributed by atoms with Crippen LogP contribution >= 0.6 is 11.6 Å². The second-order valence-electron chi connectivity index (χ2n) is 5.19. The topological polar surface area (TPSA) is 58.6 Å². The van der Waals surface area contributed by atoms with Crippen LogP contribution in [0.4, 0.5) is 13.2 Å². The average Bonchev–Trinajstić information content (AvgIpc) is 2.53. The fourth-order valence-corrected chi connectivity index (χ4v) is 2.31. The molecule has 0 aromatic heterocycles. The molecule has 2 N–H and O–H groups in total. The van der Waals surface area contributed by atoms with Gasteiger partial charge in [-0.25, -0.2) is 0 Å². The van der Waals surface area contributed by atoms with Crippen LogP contribution in [-0.4, -0.2) is 23.9 Å². The van der Waals surface area contributed by atoms with Gasteiger partial charge in [-0.05, 0) is 48.4 Å². The number of hydrogen-bond acceptors (Lipinski definition) is 3. The van der Waals surface area contributed by atoms with Crippen LogP contribution in [0, 0.1) is 0 Å². The van der Waals surface area contributed by atoms with Crippen molar-refractivity contribution in [3.8, 4) is 5.75 Å². The zero-order valence-electron chi connectivity index (χ0n) is 12.9. The first-order valence-electron chi connectivity index (χ1n) is 7.32. The van der Waals surface area contributed by atoms with Gasteiger partial charge in [0.1, 0.15) is 5.75 Å². The van der Waals surface area contributed by atoms with Gasteiger partial charge in [-0.1, -0.05) is 23.7 Å². The van der Waals surface area contributed by atoms with Crippen molar-refractivity contribution < 1.29 is 27.8 Å². The van der Waals surface area contributed by atoms with Crippen molar-refractivity contribution in [1.29, 1.82) is 0 Å². The average molecular weight is 374 g/mol. The number of nitrogens with one attached hydrogen (secondary N) is 1. The van der Waals surface area contributed by atoms with Gasteiger partial charge in [-0.3, -0.25) is 4.79 Å². The molecule has 0 heterocycles. The van der Waals surface area contributed by atoms with Gasteiger partial charge < -0.3 is 15.2 Å². The first kappa shape index (κ1) is 19.1. The number of amides is 1. The highest BCUT2D eigenvalue weighted by Crippen LogP contribution is 2.23. The molecule has 25 heavy (non-hydrogen) atoms. The molecular weight excluding hydrogens is 359 g/mol. The largest absolute Gasteiger partial charge is 0.573 e. The summed E-state index contributed by atoms with van der Waals surface area (Å²) in [6, 6.07) is 11.3. The van der Waals surface area contributed by atoms with E-state index < -0.39 is 24.1 Å². The van der Waals surface area contributed by atoms with E-state index in [4.69, 9.17) is 11.6 Å². The summed E-state index contributed by atoms with van der Waals surface area (Å²) in [5.41, 5.74) is 0.821. The Hall–Kier alpha value is -2.25. The van der Waals surface area contributed by atoms with Crippen molar-refractivity contribution in [2.75, 3.05) is 6.54 Å². The number of ether oxygens (including phenoxy) is 1. The highest BCUT2D eigenvalue weighted by Gasteiger charge is 2.31. The van der Waals surface area contributed by atoms with E-state index in [9.17, 15) is 23.1 Å². The highest BCUT2D eigenvalue weighted by molar-refractivity contribution is 6.30. The maximum Gasteiger partial charge on any atom is 0.573 e. The Kier molecular flexibility index (Phi) is 6.27. The molecule has 0 aliphatic carbocycles. The van der Waals surface area contributed by atoms with E-state index in [1.165, 1.54) is 12.1 Å². The number of benzene rings is 2. The summed E-state index contributed by atoms with van der Waals surface area (Å²) in [5, 5.41) is 13.1. The second kappa shape index (κ2) is 8.22. The van der Waals surface area contributed by atoms with E-state index in [0.29, 0.717) is 10.6 Å². The number of aliphatic hydroxyl groups is 1. The Balaban J connectivity index is 1.84. The van der Waals surface area contributed by atoms with Crippen LogP contribution < -0.4 is 10.1 Å². The Labute approximate surface area is 147 Å². The van der Waals surface area contributed by atoms with Crippen LogP contribution in [0.2, 0.25) is 5.02 Å². The minimum Gasteiger partial charge on any atom is -0.406 e. The van der Waals surface area contributed by atoms with Crippen molar-refractivity contribution in [3.63, 3.8) is 0 Å². The first-order chi connectivity index (χ1) is 11.7. The van der Waals surface area contributed by atoms with E-state index in [2.05, 4.69) is 10.1 Å². The van der Waals surface area contributed by atoms with Gasteiger partial charge in [0.25, 0.3) is 5.91 Å². The molecule has 0 radical (unpaired) electrons. The van der Waals surface area contributed by atoms with Crippen LogP contribution in [0.5, 0.6) is 5.75 Å². The lowest BCUT2D eigenvalue weighted by atomic mass is 10.1. The van der Waals surface area contributed by atoms with Crippen LogP contribution in [0.3, 0.4) is 0 Å². The number of carbonyl (C=O) groups is 1. The number of aliphatic hydroxyl groups excluding tert-OH is 1. The molecule has 0 spiro atoms. The quantitative estimate of drug-likeness (QED) is 0.801. The van der Waals surface area contributed by atoms with Gasteiger partial charge in [-0.2, -0.15) is 0 Å². The Morgan fingerprint density at radius 2 is 1.88 bits per heavy atom. The summed E-state index contributed by atoms with van der Waals surface area (Å²) in [5.74, 6) is -0.864. The van der Waals surface area contributed by atoms with Gasteiger partial charge in [-0.15, -0.1) is 13.2 Å². The molecule has 0 saturated carbocycles. The monoisotopic (exact) mass is 373 g/mol. The lowest BCUT2D eigenvalue weighted by molar-refractivity contribution is -0.274. The highest BCUT2D eigenvalue weighted by atomic mass is 35.5. The number of hydrogen-bond donors (Lipinski definition) is 2. The van der Waals surface area contributed by atoms with Crippen LogP contribution in [0.25, 0.3) is 0 Å². The molecule has 0 bridgehead atoms. The summed E-state index contributed by atoms with van der Waals surface area (Å²) in [6.45, 7) is 0.188. The third-order valence-electron chi connectivity index (χ3n) is 3.29.